The summed E-state index contributed by atoms with van der Waals surface area (Å²) in [5.41, 5.74) is 3.82. The third-order valence-corrected chi connectivity index (χ3v) is 4.71. The van der Waals surface area contributed by atoms with E-state index in [-0.39, 0.29) is 11.3 Å². The quantitative estimate of drug-likeness (QED) is 0.905. The summed E-state index contributed by atoms with van der Waals surface area (Å²) in [6, 6.07) is 11.4. The predicted molar refractivity (Wildman–Crippen MR) is 93.0 cm³/mol. The fourth-order valence-corrected chi connectivity index (χ4v) is 3.10. The van der Waals surface area contributed by atoms with Crippen molar-refractivity contribution in [1.82, 2.24) is 0 Å². The molecule has 1 aliphatic heterocycles. The zero-order valence-corrected chi connectivity index (χ0v) is 14.0. The molecule has 0 atom stereocenters. The minimum Gasteiger partial charge on any atom is -0.489 e. The highest BCUT2D eigenvalue weighted by molar-refractivity contribution is 6.04. The van der Waals surface area contributed by atoms with E-state index in [9.17, 15) is 4.79 Å². The first-order valence-electron chi connectivity index (χ1n) is 8.32. The van der Waals surface area contributed by atoms with Crippen LogP contribution >= 0.6 is 0 Å². The monoisotopic (exact) mass is 323 g/mol. The molecule has 0 bridgehead atoms. The van der Waals surface area contributed by atoms with Gasteiger partial charge in [-0.3, -0.25) is 4.79 Å². The van der Waals surface area contributed by atoms with Gasteiger partial charge in [0.15, 0.2) is 11.5 Å². The number of carbonyl (C=O) groups is 1. The van der Waals surface area contributed by atoms with E-state index in [1.807, 2.05) is 32.0 Å². The third kappa shape index (κ3) is 2.96. The van der Waals surface area contributed by atoms with Crippen LogP contribution in [0.3, 0.4) is 0 Å². The summed E-state index contributed by atoms with van der Waals surface area (Å²) in [7, 11) is 0. The van der Waals surface area contributed by atoms with E-state index in [1.54, 1.807) is 12.1 Å². The van der Waals surface area contributed by atoms with Crippen molar-refractivity contribution in [1.29, 1.82) is 0 Å². The van der Waals surface area contributed by atoms with Crippen molar-refractivity contribution < 1.29 is 14.3 Å². The summed E-state index contributed by atoms with van der Waals surface area (Å²) in [6.45, 7) is 5.41. The molecule has 0 unspecified atom stereocenters. The molecule has 1 saturated carbocycles. The van der Waals surface area contributed by atoms with Crippen LogP contribution in [0.1, 0.15) is 34.3 Å². The lowest BCUT2D eigenvalue weighted by Gasteiger charge is -2.11. The van der Waals surface area contributed by atoms with Gasteiger partial charge in [0.2, 0.25) is 0 Å². The van der Waals surface area contributed by atoms with Gasteiger partial charge in [0.1, 0.15) is 0 Å². The van der Waals surface area contributed by atoms with Crippen LogP contribution < -0.4 is 14.8 Å². The summed E-state index contributed by atoms with van der Waals surface area (Å²) < 4.78 is 11.8. The van der Waals surface area contributed by atoms with Crippen molar-refractivity contribution >= 4 is 11.6 Å². The van der Waals surface area contributed by atoms with Gasteiger partial charge in [-0.1, -0.05) is 6.07 Å². The van der Waals surface area contributed by atoms with Gasteiger partial charge in [-0.25, -0.2) is 0 Å². The summed E-state index contributed by atoms with van der Waals surface area (Å²) in [4.78, 5) is 12.5. The molecule has 4 rings (SSSR count). The lowest BCUT2D eigenvalue weighted by Crippen LogP contribution is -2.17. The van der Waals surface area contributed by atoms with E-state index < -0.39 is 0 Å². The molecule has 2 aromatic carbocycles. The lowest BCUT2D eigenvalue weighted by atomic mass is 10.1. The Balaban J connectivity index is 1.54. The van der Waals surface area contributed by atoms with E-state index >= 15 is 0 Å². The molecule has 0 radical (unpaired) electrons. The fourth-order valence-electron chi connectivity index (χ4n) is 3.10. The van der Waals surface area contributed by atoms with Crippen LogP contribution in [0, 0.1) is 19.3 Å². The number of fused-ring (bicyclic) bond motifs is 1. The smallest absolute Gasteiger partial charge is 0.255 e. The van der Waals surface area contributed by atoms with Gasteiger partial charge < -0.3 is 14.8 Å². The topological polar surface area (TPSA) is 47.6 Å². The highest BCUT2D eigenvalue weighted by Gasteiger charge is 2.46. The van der Waals surface area contributed by atoms with Crippen LogP contribution in [0.25, 0.3) is 0 Å². The number of hydrogen-bond donors (Lipinski definition) is 1. The van der Waals surface area contributed by atoms with Crippen LogP contribution in [0.2, 0.25) is 0 Å². The molecular weight excluding hydrogens is 302 g/mol. The maximum Gasteiger partial charge on any atom is 0.255 e. The largest absolute Gasteiger partial charge is 0.489 e. The molecule has 2 aromatic rings. The average molecular weight is 323 g/mol. The number of hydrogen-bond acceptors (Lipinski definition) is 3. The number of amides is 1. The molecule has 1 amide bonds. The molecule has 2 aliphatic rings. The Morgan fingerprint density at radius 1 is 0.958 bits per heavy atom. The van der Waals surface area contributed by atoms with Gasteiger partial charge >= 0.3 is 0 Å². The Hall–Kier alpha value is -2.49. The fraction of sp³-hybridized carbons (Fsp3) is 0.350. The second-order valence-corrected chi connectivity index (χ2v) is 7.07. The Bertz CT molecular complexity index is 788. The highest BCUT2D eigenvalue weighted by atomic mass is 16.5. The zero-order chi connectivity index (χ0) is 16.7. The predicted octanol–water partition coefficient (Wildman–Crippen LogP) is 4.11. The summed E-state index contributed by atoms with van der Waals surface area (Å²) in [6.07, 6.45) is 2.31. The number of ether oxygens (including phenoxy) is 2. The lowest BCUT2D eigenvalue weighted by molar-refractivity contribution is 0.102. The van der Waals surface area contributed by atoms with Crippen LogP contribution in [-0.4, -0.2) is 19.1 Å². The van der Waals surface area contributed by atoms with Crippen molar-refractivity contribution in [3.05, 3.63) is 53.1 Å². The second kappa shape index (κ2) is 5.55. The van der Waals surface area contributed by atoms with E-state index in [1.165, 1.54) is 0 Å². The number of benzene rings is 2. The summed E-state index contributed by atoms with van der Waals surface area (Å²) in [5.74, 6) is 1.24. The molecule has 4 nitrogen and oxygen atoms in total. The van der Waals surface area contributed by atoms with E-state index in [0.29, 0.717) is 24.5 Å². The molecule has 1 heterocycles. The molecule has 1 aliphatic carbocycles. The molecule has 0 aromatic heterocycles. The number of anilines is 1. The van der Waals surface area contributed by atoms with Crippen LogP contribution in [0.5, 0.6) is 11.5 Å². The molecular formula is C20H21NO3. The first-order valence-corrected chi connectivity index (χ1v) is 8.32. The number of rotatable bonds is 2. The van der Waals surface area contributed by atoms with Crippen molar-refractivity contribution in [2.45, 2.75) is 26.7 Å². The maximum atomic E-state index is 12.5. The maximum absolute atomic E-state index is 12.5. The normalized spacial score (nSPS) is 17.2. The number of aryl methyl sites for hydroxylation is 2. The first kappa shape index (κ1) is 15.1. The molecule has 24 heavy (non-hydrogen) atoms. The van der Waals surface area contributed by atoms with Crippen molar-refractivity contribution in [2.75, 3.05) is 18.5 Å². The first-order chi connectivity index (χ1) is 11.5. The minimum absolute atomic E-state index is 0.142. The average Bonchev–Trinajstić information content (AvgIpc) is 3.33. The van der Waals surface area contributed by atoms with Crippen LogP contribution in [-0.2, 0) is 0 Å². The molecule has 1 fully saturated rings. The van der Waals surface area contributed by atoms with E-state index in [4.69, 9.17) is 9.47 Å². The van der Waals surface area contributed by atoms with Crippen molar-refractivity contribution in [3.8, 4) is 11.5 Å². The Kier molecular flexibility index (Phi) is 3.48. The second-order valence-electron chi connectivity index (χ2n) is 7.07. The molecule has 4 heteroatoms. The van der Waals surface area contributed by atoms with Gasteiger partial charge in [-0.05, 0) is 68.1 Å². The molecule has 1 spiro atoms. The van der Waals surface area contributed by atoms with Crippen molar-refractivity contribution in [2.24, 2.45) is 5.41 Å². The summed E-state index contributed by atoms with van der Waals surface area (Å²) in [5, 5.41) is 2.96. The van der Waals surface area contributed by atoms with Gasteiger partial charge in [0.25, 0.3) is 5.91 Å². The van der Waals surface area contributed by atoms with Crippen LogP contribution in [0.15, 0.2) is 36.4 Å². The van der Waals surface area contributed by atoms with Gasteiger partial charge in [0.05, 0.1) is 13.2 Å². The third-order valence-electron chi connectivity index (χ3n) is 4.71. The summed E-state index contributed by atoms with van der Waals surface area (Å²) >= 11 is 0. The Morgan fingerprint density at radius 2 is 1.62 bits per heavy atom. The van der Waals surface area contributed by atoms with E-state index in [0.717, 1.165) is 35.4 Å². The molecule has 0 saturated heterocycles. The van der Waals surface area contributed by atoms with Crippen LogP contribution in [0.4, 0.5) is 5.69 Å². The molecule has 1 N–H and O–H groups in total. The molecule has 124 valence electrons. The van der Waals surface area contributed by atoms with Gasteiger partial charge in [-0.15, -0.1) is 0 Å². The Labute approximate surface area is 141 Å². The van der Waals surface area contributed by atoms with Crippen molar-refractivity contribution in [3.63, 3.8) is 0 Å². The van der Waals surface area contributed by atoms with Gasteiger partial charge in [0, 0.05) is 16.7 Å². The number of carbonyl (C=O) groups excluding carboxylic acids is 1. The highest BCUT2D eigenvalue weighted by Crippen LogP contribution is 2.49. The number of nitrogens with one attached hydrogen (secondary N) is 1. The zero-order valence-electron chi connectivity index (χ0n) is 14.0. The minimum atomic E-state index is -0.142. The standard InChI is InChI=1S/C20H21NO3/c1-13-7-14(2)9-16(8-13)21-19(22)15-3-4-17-18(10-15)24-12-20(5-6-20)11-23-17/h3-4,7-10H,5-6,11-12H2,1-2H3,(H,21,22). The van der Waals surface area contributed by atoms with Gasteiger partial charge in [-0.2, -0.15) is 0 Å². The Morgan fingerprint density at radius 3 is 2.29 bits per heavy atom. The van der Waals surface area contributed by atoms with E-state index in [2.05, 4.69) is 11.4 Å². The SMILES string of the molecule is Cc1cc(C)cc(NC(=O)c2ccc3c(c2)OCC2(CC2)CO3)c1.